The maximum atomic E-state index is 11.2. The van der Waals surface area contributed by atoms with Gasteiger partial charge in [-0.3, -0.25) is 9.59 Å². The molecule has 24 heavy (non-hydrogen) atoms. The lowest BCUT2D eigenvalue weighted by atomic mass is 9.98. The molecule has 5 heteroatoms. The molecule has 0 unspecified atom stereocenters. The Labute approximate surface area is 147 Å². The van der Waals surface area contributed by atoms with E-state index in [0.29, 0.717) is 23.8 Å². The third-order valence-corrected chi connectivity index (χ3v) is 4.57. The molecule has 0 saturated heterocycles. The normalized spacial score (nSPS) is 12.4. The van der Waals surface area contributed by atoms with Crippen LogP contribution in [0, 0.1) is 6.92 Å². The number of allylic oxidation sites excluding steroid dienone is 4. The molecule has 1 rings (SSSR count). The molecule has 0 heterocycles. The quantitative estimate of drug-likeness (QED) is 0.425. The lowest BCUT2D eigenvalue weighted by Crippen LogP contribution is -1.96. The number of hydrogen-bond donors (Lipinski definition) is 2. The van der Waals surface area contributed by atoms with Crippen LogP contribution in [-0.2, 0) is 11.2 Å². The molecule has 0 atom stereocenters. The van der Waals surface area contributed by atoms with Gasteiger partial charge in [0.15, 0.2) is 12.1 Å². The van der Waals surface area contributed by atoms with E-state index in [-0.39, 0.29) is 22.1 Å². The molecule has 0 aliphatic rings. The van der Waals surface area contributed by atoms with Crippen LogP contribution in [0.25, 0.3) is 0 Å². The molecule has 0 radical (unpaired) electrons. The molecule has 0 aliphatic carbocycles. The van der Waals surface area contributed by atoms with Crippen LogP contribution >= 0.6 is 11.6 Å². The number of ketones is 1. The number of Topliss-reactive ketones (excluding diaryl/α,β-unsaturated/α-hetero) is 1. The van der Waals surface area contributed by atoms with Crippen molar-refractivity contribution in [2.75, 3.05) is 0 Å². The number of aromatic hydroxyl groups is 2. The molecular formula is C19H23ClO4. The highest BCUT2D eigenvalue weighted by Gasteiger charge is 2.19. The van der Waals surface area contributed by atoms with Crippen LogP contribution in [0.2, 0.25) is 5.02 Å². The van der Waals surface area contributed by atoms with Crippen LogP contribution in [0.4, 0.5) is 0 Å². The number of benzene rings is 1. The summed E-state index contributed by atoms with van der Waals surface area (Å²) in [4.78, 5) is 22.2. The summed E-state index contributed by atoms with van der Waals surface area (Å²) in [5, 5.41) is 20.1. The van der Waals surface area contributed by atoms with Gasteiger partial charge in [0.2, 0.25) is 0 Å². The average molecular weight is 351 g/mol. The predicted molar refractivity (Wildman–Crippen MR) is 96.0 cm³/mol. The monoisotopic (exact) mass is 350 g/mol. The van der Waals surface area contributed by atoms with E-state index >= 15 is 0 Å². The number of phenolic OH excluding ortho intramolecular Hbond substituents is 2. The molecule has 0 saturated carbocycles. The predicted octanol–water partition coefficient (Wildman–Crippen LogP) is 4.68. The highest BCUT2D eigenvalue weighted by atomic mass is 35.5. The Kier molecular flexibility index (Phi) is 7.23. The summed E-state index contributed by atoms with van der Waals surface area (Å²) in [5.74, 6) is -0.561. The van der Waals surface area contributed by atoms with Gasteiger partial charge in [-0.25, -0.2) is 0 Å². The van der Waals surface area contributed by atoms with Gasteiger partial charge in [-0.1, -0.05) is 29.3 Å². The molecule has 0 aliphatic heterocycles. The van der Waals surface area contributed by atoms with Gasteiger partial charge < -0.3 is 10.2 Å². The van der Waals surface area contributed by atoms with Gasteiger partial charge in [-0.15, -0.1) is 0 Å². The van der Waals surface area contributed by atoms with Crippen molar-refractivity contribution < 1.29 is 19.8 Å². The fourth-order valence-corrected chi connectivity index (χ4v) is 2.50. The van der Waals surface area contributed by atoms with Crippen LogP contribution in [0.3, 0.4) is 0 Å². The first-order valence-corrected chi connectivity index (χ1v) is 8.09. The highest BCUT2D eigenvalue weighted by molar-refractivity contribution is 6.33. The zero-order valence-corrected chi connectivity index (χ0v) is 15.2. The molecule has 1 aromatic rings. The maximum absolute atomic E-state index is 11.2. The van der Waals surface area contributed by atoms with E-state index in [9.17, 15) is 19.8 Å². The van der Waals surface area contributed by atoms with Gasteiger partial charge >= 0.3 is 0 Å². The fourth-order valence-electron chi connectivity index (χ4n) is 2.28. The molecule has 0 amide bonds. The van der Waals surface area contributed by atoms with E-state index in [1.54, 1.807) is 20.8 Å². The molecule has 2 N–H and O–H groups in total. The Morgan fingerprint density at radius 1 is 1.12 bits per heavy atom. The van der Waals surface area contributed by atoms with Gasteiger partial charge in [-0.05, 0) is 58.1 Å². The Bertz CT molecular complexity index is 715. The Morgan fingerprint density at radius 3 is 2.29 bits per heavy atom. The third kappa shape index (κ3) is 4.71. The average Bonchev–Trinajstić information content (AvgIpc) is 2.53. The van der Waals surface area contributed by atoms with Crippen molar-refractivity contribution in [3.63, 3.8) is 0 Å². The number of carbonyl (C=O) groups is 2. The Hall–Kier alpha value is -2.07. The summed E-state index contributed by atoms with van der Waals surface area (Å²) in [7, 11) is 0. The smallest absolute Gasteiger partial charge is 0.157 e. The minimum Gasteiger partial charge on any atom is -0.507 e. The summed E-state index contributed by atoms with van der Waals surface area (Å²) in [6.45, 7) is 6.99. The Balaban J connectivity index is 2.94. The molecule has 130 valence electrons. The number of phenols is 2. The minimum absolute atomic E-state index is 0.0670. The van der Waals surface area contributed by atoms with E-state index in [4.69, 9.17) is 11.6 Å². The number of carbonyl (C=O) groups excluding carboxylic acids is 2. The second-order valence-corrected chi connectivity index (χ2v) is 6.26. The minimum atomic E-state index is -0.393. The van der Waals surface area contributed by atoms with Crippen molar-refractivity contribution in [2.45, 2.75) is 47.0 Å². The zero-order valence-electron chi connectivity index (χ0n) is 14.4. The van der Waals surface area contributed by atoms with Gasteiger partial charge in [-0.2, -0.15) is 0 Å². The molecule has 1 aromatic carbocycles. The van der Waals surface area contributed by atoms with E-state index in [2.05, 4.69) is 0 Å². The summed E-state index contributed by atoms with van der Waals surface area (Å²) >= 11 is 6.02. The summed E-state index contributed by atoms with van der Waals surface area (Å²) in [5.41, 5.74) is 2.73. The highest BCUT2D eigenvalue weighted by Crippen LogP contribution is 2.40. The second kappa shape index (κ2) is 8.69. The van der Waals surface area contributed by atoms with Crippen LogP contribution in [0.5, 0.6) is 11.5 Å². The number of hydrogen-bond acceptors (Lipinski definition) is 4. The number of aldehydes is 1. The SMILES string of the molecule is CC(=O)/C(C)=C/CC/C(C)=C/Cc1c(C)c(Cl)c(O)c(C=O)c1O. The Morgan fingerprint density at radius 2 is 1.75 bits per heavy atom. The van der Waals surface area contributed by atoms with Crippen LogP contribution in [0.1, 0.15) is 55.1 Å². The van der Waals surface area contributed by atoms with Crippen molar-refractivity contribution in [3.05, 3.63) is 45.0 Å². The third-order valence-electron chi connectivity index (χ3n) is 4.10. The molecule has 0 bridgehead atoms. The largest absolute Gasteiger partial charge is 0.507 e. The molecular weight excluding hydrogens is 328 g/mol. The number of rotatable bonds is 7. The molecule has 0 fully saturated rings. The van der Waals surface area contributed by atoms with Gasteiger partial charge in [0.25, 0.3) is 0 Å². The first-order valence-electron chi connectivity index (χ1n) is 7.72. The molecule has 0 aromatic heterocycles. The first kappa shape index (κ1) is 20.0. The van der Waals surface area contributed by atoms with Crippen LogP contribution in [0.15, 0.2) is 23.3 Å². The zero-order chi connectivity index (χ0) is 18.4. The van der Waals surface area contributed by atoms with Crippen LogP contribution < -0.4 is 0 Å². The lowest BCUT2D eigenvalue weighted by molar-refractivity contribution is -0.113. The summed E-state index contributed by atoms with van der Waals surface area (Å²) in [6, 6.07) is 0. The second-order valence-electron chi connectivity index (χ2n) is 5.88. The number of halogens is 1. The van der Waals surface area contributed by atoms with E-state index in [1.165, 1.54) is 0 Å². The summed E-state index contributed by atoms with van der Waals surface area (Å²) < 4.78 is 0. The van der Waals surface area contributed by atoms with E-state index in [1.807, 2.05) is 19.1 Å². The fraction of sp³-hybridized carbons (Fsp3) is 0.368. The first-order chi connectivity index (χ1) is 11.2. The van der Waals surface area contributed by atoms with E-state index < -0.39 is 5.75 Å². The van der Waals surface area contributed by atoms with Crippen molar-refractivity contribution >= 4 is 23.7 Å². The van der Waals surface area contributed by atoms with E-state index in [0.717, 1.165) is 24.0 Å². The molecule has 4 nitrogen and oxygen atoms in total. The summed E-state index contributed by atoms with van der Waals surface area (Å²) in [6.07, 6.45) is 6.20. The van der Waals surface area contributed by atoms with Crippen molar-refractivity contribution in [2.24, 2.45) is 0 Å². The maximum Gasteiger partial charge on any atom is 0.157 e. The molecule has 0 spiro atoms. The van der Waals surface area contributed by atoms with Crippen molar-refractivity contribution in [1.82, 2.24) is 0 Å². The van der Waals surface area contributed by atoms with Gasteiger partial charge in [0.1, 0.15) is 11.5 Å². The van der Waals surface area contributed by atoms with Gasteiger partial charge in [0.05, 0.1) is 10.6 Å². The lowest BCUT2D eigenvalue weighted by Gasteiger charge is -2.13. The van der Waals surface area contributed by atoms with Crippen molar-refractivity contribution in [3.8, 4) is 11.5 Å². The van der Waals surface area contributed by atoms with Crippen molar-refractivity contribution in [1.29, 1.82) is 0 Å². The topological polar surface area (TPSA) is 74.6 Å². The standard InChI is InChI=1S/C19H23ClO4/c1-11(6-5-7-12(2)14(4)22)8-9-15-13(3)17(20)19(24)16(10-21)18(15)23/h7-8,10,23-24H,5-6,9H2,1-4H3/b11-8+,12-7+. The van der Waals surface area contributed by atoms with Gasteiger partial charge in [0, 0.05) is 5.56 Å². The van der Waals surface area contributed by atoms with Crippen LogP contribution in [-0.4, -0.2) is 22.3 Å².